The van der Waals surface area contributed by atoms with Crippen LogP contribution in [0.5, 0.6) is 0 Å². The summed E-state index contributed by atoms with van der Waals surface area (Å²) in [5.74, 6) is 0.291. The topological polar surface area (TPSA) is 59.1 Å². The molecular formula is C20H35ClN2O4. The predicted octanol–water partition coefficient (Wildman–Crippen LogP) is 2.72. The molecule has 0 aromatic carbocycles. The maximum absolute atomic E-state index is 11.7. The molecule has 27 heavy (non-hydrogen) atoms. The number of carbonyl (C=O) groups excluding carboxylic acids is 2. The van der Waals surface area contributed by atoms with Gasteiger partial charge in [0, 0.05) is 45.1 Å². The first-order chi connectivity index (χ1) is 13.0. The van der Waals surface area contributed by atoms with Crippen LogP contribution in [0.15, 0.2) is 25.3 Å². The third kappa shape index (κ3) is 13.6. The van der Waals surface area contributed by atoms with Gasteiger partial charge >= 0.3 is 0 Å². The average molecular weight is 403 g/mol. The smallest absolute Gasteiger partial charge is 0.225 e. The van der Waals surface area contributed by atoms with Crippen LogP contribution < -0.4 is 0 Å². The first kappa shape index (κ1) is 25.8. The normalized spacial score (nSPS) is 18.1. The lowest BCUT2D eigenvalue weighted by Crippen LogP contribution is -2.43. The van der Waals surface area contributed by atoms with E-state index in [0.29, 0.717) is 19.6 Å². The number of hydrogen-bond donors (Lipinski definition) is 0. The van der Waals surface area contributed by atoms with Gasteiger partial charge in [0.25, 0.3) is 0 Å². The molecule has 0 saturated carbocycles. The van der Waals surface area contributed by atoms with Crippen molar-refractivity contribution in [3.63, 3.8) is 0 Å². The lowest BCUT2D eigenvalue weighted by Gasteiger charge is -2.28. The summed E-state index contributed by atoms with van der Waals surface area (Å²) < 4.78 is 10.3. The molecule has 6 nitrogen and oxygen atoms in total. The van der Waals surface area contributed by atoms with E-state index in [4.69, 9.17) is 21.1 Å². The van der Waals surface area contributed by atoms with Crippen molar-refractivity contribution in [2.45, 2.75) is 26.7 Å². The van der Waals surface area contributed by atoms with Crippen molar-refractivity contribution in [1.29, 1.82) is 0 Å². The summed E-state index contributed by atoms with van der Waals surface area (Å²) in [6.07, 6.45) is 4.92. The third-order valence-electron chi connectivity index (χ3n) is 4.03. The Balaban J connectivity index is 0.000000419. The fourth-order valence-electron chi connectivity index (χ4n) is 2.41. The standard InChI is InChI=1S/C10H17NO2.C7H13NO.C3H5ClO/c1-3-4-9(2)10(12)11-5-7-13-8-6-11;1-2-3-8-4-6-9-7-5-8;1-2-3(4)5/h3,9H,1,4-8H2,2H3;2H,1,3-7H2;2H2,1H3/t9-;;/m1../s1. The Kier molecular flexibility index (Phi) is 16.2. The zero-order chi connectivity index (χ0) is 20.5. The molecule has 0 N–H and O–H groups in total. The van der Waals surface area contributed by atoms with Gasteiger partial charge in [0.2, 0.25) is 11.1 Å². The molecule has 0 unspecified atom stereocenters. The molecule has 1 atom stereocenters. The third-order valence-corrected chi connectivity index (χ3v) is 4.30. The van der Waals surface area contributed by atoms with Crippen LogP contribution in [0.1, 0.15) is 26.7 Å². The molecule has 0 aromatic rings. The average Bonchev–Trinajstić information content (AvgIpc) is 2.70. The van der Waals surface area contributed by atoms with E-state index in [9.17, 15) is 9.59 Å². The molecule has 0 aliphatic carbocycles. The number of morpholine rings is 2. The highest BCUT2D eigenvalue weighted by Gasteiger charge is 2.20. The Morgan fingerprint density at radius 3 is 1.93 bits per heavy atom. The van der Waals surface area contributed by atoms with E-state index in [-0.39, 0.29) is 17.1 Å². The second-order valence-electron chi connectivity index (χ2n) is 6.27. The number of halogens is 1. The van der Waals surface area contributed by atoms with Gasteiger partial charge in [0.15, 0.2) is 0 Å². The van der Waals surface area contributed by atoms with Crippen molar-refractivity contribution >= 4 is 22.8 Å². The number of allylic oxidation sites excluding steroid dienone is 1. The van der Waals surface area contributed by atoms with Crippen molar-refractivity contribution in [3.8, 4) is 0 Å². The van der Waals surface area contributed by atoms with Crippen LogP contribution >= 0.6 is 11.6 Å². The molecule has 2 heterocycles. The van der Waals surface area contributed by atoms with Crippen molar-refractivity contribution in [2.24, 2.45) is 5.92 Å². The Morgan fingerprint density at radius 1 is 1.04 bits per heavy atom. The SMILES string of the molecule is C=CCN1CCOCC1.C=CC[C@@H](C)C(=O)N1CCOCC1.CCC(=O)Cl. The van der Waals surface area contributed by atoms with E-state index in [2.05, 4.69) is 18.1 Å². The Bertz CT molecular complexity index is 434. The minimum atomic E-state index is -0.273. The number of amides is 1. The maximum Gasteiger partial charge on any atom is 0.225 e. The van der Waals surface area contributed by atoms with Gasteiger partial charge in [-0.15, -0.1) is 13.2 Å². The number of rotatable bonds is 6. The van der Waals surface area contributed by atoms with Crippen LogP contribution in [0.2, 0.25) is 0 Å². The Hall–Kier alpha value is -1.21. The van der Waals surface area contributed by atoms with Gasteiger partial charge in [0.05, 0.1) is 26.4 Å². The van der Waals surface area contributed by atoms with Crippen LogP contribution in [0.3, 0.4) is 0 Å². The molecule has 2 aliphatic heterocycles. The fraction of sp³-hybridized carbons (Fsp3) is 0.700. The zero-order valence-electron chi connectivity index (χ0n) is 16.8. The van der Waals surface area contributed by atoms with Gasteiger partial charge in [-0.25, -0.2) is 0 Å². The number of carbonyl (C=O) groups is 2. The molecule has 0 spiro atoms. The van der Waals surface area contributed by atoms with E-state index in [0.717, 1.165) is 52.4 Å². The summed E-state index contributed by atoms with van der Waals surface area (Å²) >= 11 is 4.82. The summed E-state index contributed by atoms with van der Waals surface area (Å²) in [5.41, 5.74) is 0. The predicted molar refractivity (Wildman–Crippen MR) is 110 cm³/mol. The minimum Gasteiger partial charge on any atom is -0.379 e. The van der Waals surface area contributed by atoms with E-state index in [1.807, 2.05) is 17.9 Å². The second-order valence-corrected chi connectivity index (χ2v) is 6.69. The Labute approximate surface area is 169 Å². The van der Waals surface area contributed by atoms with Crippen molar-refractivity contribution < 1.29 is 19.1 Å². The molecule has 7 heteroatoms. The van der Waals surface area contributed by atoms with Crippen LogP contribution in [-0.4, -0.2) is 80.1 Å². The van der Waals surface area contributed by atoms with E-state index in [1.54, 1.807) is 13.0 Å². The number of hydrogen-bond acceptors (Lipinski definition) is 5. The molecule has 0 radical (unpaired) electrons. The van der Waals surface area contributed by atoms with Gasteiger partial charge < -0.3 is 14.4 Å². The van der Waals surface area contributed by atoms with Crippen LogP contribution in [0, 0.1) is 5.92 Å². The first-order valence-electron chi connectivity index (χ1n) is 9.52. The molecule has 0 bridgehead atoms. The van der Waals surface area contributed by atoms with Crippen molar-refractivity contribution in [3.05, 3.63) is 25.3 Å². The van der Waals surface area contributed by atoms with Gasteiger partial charge in [-0.05, 0) is 18.0 Å². The highest BCUT2D eigenvalue weighted by molar-refractivity contribution is 6.63. The summed E-state index contributed by atoms with van der Waals surface area (Å²) in [4.78, 5) is 25.5. The van der Waals surface area contributed by atoms with Gasteiger partial charge in [-0.2, -0.15) is 0 Å². The van der Waals surface area contributed by atoms with Gasteiger partial charge in [0.1, 0.15) is 0 Å². The molecule has 2 rings (SSSR count). The largest absolute Gasteiger partial charge is 0.379 e. The van der Waals surface area contributed by atoms with E-state index >= 15 is 0 Å². The molecular weight excluding hydrogens is 368 g/mol. The lowest BCUT2D eigenvalue weighted by molar-refractivity contribution is -0.139. The molecule has 2 saturated heterocycles. The van der Waals surface area contributed by atoms with Crippen molar-refractivity contribution in [2.75, 3.05) is 59.2 Å². The summed E-state index contributed by atoms with van der Waals surface area (Å²) in [6, 6.07) is 0. The minimum absolute atomic E-state index is 0.0654. The summed E-state index contributed by atoms with van der Waals surface area (Å²) in [6.45, 7) is 18.7. The highest BCUT2D eigenvalue weighted by atomic mass is 35.5. The highest BCUT2D eigenvalue weighted by Crippen LogP contribution is 2.09. The first-order valence-corrected chi connectivity index (χ1v) is 9.90. The van der Waals surface area contributed by atoms with Gasteiger partial charge in [-0.3, -0.25) is 14.5 Å². The van der Waals surface area contributed by atoms with Crippen LogP contribution in [0.4, 0.5) is 0 Å². The summed E-state index contributed by atoms with van der Waals surface area (Å²) in [7, 11) is 0. The monoisotopic (exact) mass is 402 g/mol. The quantitative estimate of drug-likeness (QED) is 0.505. The number of ether oxygens (including phenoxy) is 2. The molecule has 2 aliphatic rings. The molecule has 0 aromatic heterocycles. The lowest BCUT2D eigenvalue weighted by atomic mass is 10.1. The molecule has 2 fully saturated rings. The second kappa shape index (κ2) is 16.9. The summed E-state index contributed by atoms with van der Waals surface area (Å²) in [5, 5.41) is -0.273. The van der Waals surface area contributed by atoms with Crippen LogP contribution in [0.25, 0.3) is 0 Å². The van der Waals surface area contributed by atoms with Gasteiger partial charge in [-0.1, -0.05) is 26.0 Å². The van der Waals surface area contributed by atoms with E-state index < -0.39 is 0 Å². The zero-order valence-corrected chi connectivity index (χ0v) is 17.6. The maximum atomic E-state index is 11.7. The number of nitrogens with zero attached hydrogens (tertiary/aromatic N) is 2. The Morgan fingerprint density at radius 2 is 1.52 bits per heavy atom. The van der Waals surface area contributed by atoms with E-state index in [1.165, 1.54) is 0 Å². The molecule has 1 amide bonds. The fourth-order valence-corrected chi connectivity index (χ4v) is 2.41. The van der Waals surface area contributed by atoms with Crippen LogP contribution in [-0.2, 0) is 19.1 Å². The molecule has 156 valence electrons. The van der Waals surface area contributed by atoms with Crippen molar-refractivity contribution in [1.82, 2.24) is 9.80 Å².